The Hall–Kier alpha value is -2.15. The van der Waals surface area contributed by atoms with Crippen molar-refractivity contribution in [3.8, 4) is 11.4 Å². The molecule has 1 fully saturated rings. The monoisotopic (exact) mass is 344 g/mol. The highest BCUT2D eigenvalue weighted by Crippen LogP contribution is 2.41. The van der Waals surface area contributed by atoms with Crippen LogP contribution in [0.15, 0.2) is 33.8 Å². The van der Waals surface area contributed by atoms with Gasteiger partial charge in [0, 0.05) is 6.04 Å². The van der Waals surface area contributed by atoms with Crippen LogP contribution in [0.4, 0.5) is 4.39 Å². The molecule has 24 heavy (non-hydrogen) atoms. The van der Waals surface area contributed by atoms with Crippen molar-refractivity contribution in [3.63, 3.8) is 0 Å². The van der Waals surface area contributed by atoms with E-state index in [4.69, 9.17) is 4.42 Å². The van der Waals surface area contributed by atoms with Crippen LogP contribution >= 0.6 is 11.8 Å². The Labute approximate surface area is 143 Å². The third kappa shape index (κ3) is 2.84. The van der Waals surface area contributed by atoms with Gasteiger partial charge in [-0.1, -0.05) is 23.9 Å². The molecule has 1 aliphatic carbocycles. The Morgan fingerprint density at radius 2 is 2.04 bits per heavy atom. The van der Waals surface area contributed by atoms with Gasteiger partial charge in [-0.15, -0.1) is 10.2 Å². The lowest BCUT2D eigenvalue weighted by Gasteiger charge is -2.08. The van der Waals surface area contributed by atoms with Gasteiger partial charge < -0.3 is 4.42 Å². The van der Waals surface area contributed by atoms with Gasteiger partial charge in [0.2, 0.25) is 5.89 Å². The van der Waals surface area contributed by atoms with Gasteiger partial charge in [0.25, 0.3) is 0 Å². The van der Waals surface area contributed by atoms with Crippen LogP contribution < -0.4 is 0 Å². The highest BCUT2D eigenvalue weighted by molar-refractivity contribution is 7.98. The smallest absolute Gasteiger partial charge is 0.205 e. The zero-order valence-electron chi connectivity index (χ0n) is 13.5. The normalized spacial score (nSPS) is 14.3. The van der Waals surface area contributed by atoms with Crippen molar-refractivity contribution >= 4 is 11.8 Å². The summed E-state index contributed by atoms with van der Waals surface area (Å²) in [7, 11) is 0. The topological polar surface area (TPSA) is 56.7 Å². The first-order chi connectivity index (χ1) is 11.6. The summed E-state index contributed by atoms with van der Waals surface area (Å²) in [4.78, 5) is 4.39. The van der Waals surface area contributed by atoms with Crippen molar-refractivity contribution in [2.24, 2.45) is 0 Å². The number of halogens is 1. The van der Waals surface area contributed by atoms with Gasteiger partial charge in [0.05, 0.1) is 17.0 Å². The van der Waals surface area contributed by atoms with Gasteiger partial charge in [-0.05, 0) is 38.8 Å². The molecule has 5 nitrogen and oxygen atoms in total. The zero-order valence-corrected chi connectivity index (χ0v) is 14.3. The predicted molar refractivity (Wildman–Crippen MR) is 89.2 cm³/mol. The van der Waals surface area contributed by atoms with Crippen LogP contribution in [0.2, 0.25) is 0 Å². The molecule has 7 heteroatoms. The molecule has 0 atom stereocenters. The lowest BCUT2D eigenvalue weighted by molar-refractivity contribution is 0.489. The number of benzene rings is 1. The number of oxazole rings is 1. The van der Waals surface area contributed by atoms with E-state index in [0.29, 0.717) is 29.1 Å². The predicted octanol–water partition coefficient (Wildman–Crippen LogP) is 4.32. The molecule has 1 aromatic carbocycles. The maximum absolute atomic E-state index is 14.1. The molecule has 0 saturated heterocycles. The van der Waals surface area contributed by atoms with Crippen molar-refractivity contribution < 1.29 is 8.81 Å². The van der Waals surface area contributed by atoms with Crippen LogP contribution in [-0.4, -0.2) is 19.7 Å². The minimum Gasteiger partial charge on any atom is -0.445 e. The van der Waals surface area contributed by atoms with Gasteiger partial charge in [-0.3, -0.25) is 4.57 Å². The van der Waals surface area contributed by atoms with Crippen molar-refractivity contribution in [1.29, 1.82) is 0 Å². The summed E-state index contributed by atoms with van der Waals surface area (Å²) in [6.45, 7) is 3.83. The number of aromatic nitrogens is 4. The first kappa shape index (κ1) is 15.4. The van der Waals surface area contributed by atoms with Crippen LogP contribution in [0, 0.1) is 19.7 Å². The number of nitrogens with zero attached hydrogens (tertiary/aromatic N) is 4. The summed E-state index contributed by atoms with van der Waals surface area (Å²) in [5.41, 5.74) is 1.40. The first-order valence-corrected chi connectivity index (χ1v) is 8.87. The molecule has 0 aliphatic heterocycles. The Bertz CT molecular complexity index is 865. The van der Waals surface area contributed by atoms with Crippen molar-refractivity contribution in [2.75, 3.05) is 0 Å². The molecule has 2 heterocycles. The van der Waals surface area contributed by atoms with E-state index in [1.807, 2.05) is 24.5 Å². The Balaban J connectivity index is 1.63. The van der Waals surface area contributed by atoms with E-state index in [-0.39, 0.29) is 5.82 Å². The van der Waals surface area contributed by atoms with Gasteiger partial charge >= 0.3 is 0 Å². The number of hydrogen-bond acceptors (Lipinski definition) is 5. The van der Waals surface area contributed by atoms with E-state index in [2.05, 4.69) is 15.2 Å². The van der Waals surface area contributed by atoms with Gasteiger partial charge in [0.15, 0.2) is 11.0 Å². The fourth-order valence-corrected chi connectivity index (χ4v) is 3.44. The van der Waals surface area contributed by atoms with Gasteiger partial charge in [-0.2, -0.15) is 0 Å². The van der Waals surface area contributed by atoms with E-state index in [1.165, 1.54) is 17.8 Å². The lowest BCUT2D eigenvalue weighted by Crippen LogP contribution is -2.01. The molecule has 3 aromatic rings. The Morgan fingerprint density at radius 3 is 2.71 bits per heavy atom. The summed E-state index contributed by atoms with van der Waals surface area (Å²) in [6, 6.07) is 7.04. The van der Waals surface area contributed by atoms with Crippen LogP contribution in [0.5, 0.6) is 0 Å². The van der Waals surface area contributed by atoms with Crippen LogP contribution in [0.25, 0.3) is 11.4 Å². The van der Waals surface area contributed by atoms with E-state index in [9.17, 15) is 4.39 Å². The van der Waals surface area contributed by atoms with Gasteiger partial charge in [-0.25, -0.2) is 9.37 Å². The second-order valence-electron chi connectivity index (χ2n) is 5.93. The SMILES string of the molecule is Cc1nc(CSc2nnc(-c3ccccc3F)n2C2CC2)oc1C. The quantitative estimate of drug-likeness (QED) is 0.645. The maximum Gasteiger partial charge on any atom is 0.205 e. The largest absolute Gasteiger partial charge is 0.445 e. The molecule has 0 radical (unpaired) electrons. The van der Waals surface area contributed by atoms with Crippen molar-refractivity contribution in [2.45, 2.75) is 43.6 Å². The Morgan fingerprint density at radius 1 is 1.25 bits per heavy atom. The number of hydrogen-bond donors (Lipinski definition) is 0. The molecular weight excluding hydrogens is 327 g/mol. The number of thioether (sulfide) groups is 1. The molecule has 0 unspecified atom stereocenters. The third-order valence-electron chi connectivity index (χ3n) is 4.09. The average molecular weight is 344 g/mol. The fourth-order valence-electron chi connectivity index (χ4n) is 2.59. The minimum atomic E-state index is -0.276. The van der Waals surface area contributed by atoms with E-state index < -0.39 is 0 Å². The molecule has 0 spiro atoms. The molecular formula is C17H17FN4OS. The molecule has 2 aromatic heterocycles. The minimum absolute atomic E-state index is 0.276. The summed E-state index contributed by atoms with van der Waals surface area (Å²) in [5.74, 6) is 2.41. The Kier molecular flexibility index (Phi) is 3.88. The summed E-state index contributed by atoms with van der Waals surface area (Å²) < 4.78 is 21.8. The molecule has 4 rings (SSSR count). The molecule has 124 valence electrons. The second-order valence-corrected chi connectivity index (χ2v) is 6.87. The highest BCUT2D eigenvalue weighted by atomic mass is 32.2. The summed E-state index contributed by atoms with van der Waals surface area (Å²) >= 11 is 1.52. The standard InChI is InChI=1S/C17H17FN4OS/c1-10-11(2)23-15(19-10)9-24-17-21-20-16(22(17)12-7-8-12)13-5-3-4-6-14(13)18/h3-6,12H,7-9H2,1-2H3. The fraction of sp³-hybridized carbons (Fsp3) is 0.353. The average Bonchev–Trinajstić information content (AvgIpc) is 3.24. The zero-order chi connectivity index (χ0) is 16.7. The van der Waals surface area contributed by atoms with E-state index >= 15 is 0 Å². The molecule has 0 N–H and O–H groups in total. The molecule has 1 saturated carbocycles. The molecule has 0 bridgehead atoms. The van der Waals surface area contributed by atoms with Gasteiger partial charge in [0.1, 0.15) is 11.6 Å². The summed E-state index contributed by atoms with van der Waals surface area (Å²) in [5, 5.41) is 9.31. The number of aryl methyl sites for hydroxylation is 2. The first-order valence-electron chi connectivity index (χ1n) is 7.89. The second kappa shape index (κ2) is 6.05. The van der Waals surface area contributed by atoms with Crippen LogP contribution in [0.3, 0.4) is 0 Å². The van der Waals surface area contributed by atoms with E-state index in [0.717, 1.165) is 29.5 Å². The maximum atomic E-state index is 14.1. The molecule has 0 amide bonds. The third-order valence-corrected chi connectivity index (χ3v) is 5.02. The van der Waals surface area contributed by atoms with Crippen LogP contribution in [0.1, 0.15) is 36.2 Å². The van der Waals surface area contributed by atoms with Crippen LogP contribution in [-0.2, 0) is 5.75 Å². The lowest BCUT2D eigenvalue weighted by atomic mass is 10.2. The molecule has 1 aliphatic rings. The van der Waals surface area contributed by atoms with E-state index in [1.54, 1.807) is 12.1 Å². The summed E-state index contributed by atoms with van der Waals surface area (Å²) in [6.07, 6.45) is 2.15. The van der Waals surface area contributed by atoms with Crippen molar-refractivity contribution in [1.82, 2.24) is 19.7 Å². The highest BCUT2D eigenvalue weighted by Gasteiger charge is 2.31. The number of rotatable bonds is 5. The van der Waals surface area contributed by atoms with Crippen molar-refractivity contribution in [3.05, 3.63) is 47.4 Å².